The first-order valence-electron chi connectivity index (χ1n) is 9.70. The lowest BCUT2D eigenvalue weighted by Crippen LogP contribution is -2.23. The fraction of sp³-hybridized carbons (Fsp3) is 0.190. The van der Waals surface area contributed by atoms with E-state index < -0.39 is 15.9 Å². The summed E-state index contributed by atoms with van der Waals surface area (Å²) in [5.74, 6) is -0.107. The highest BCUT2D eigenvalue weighted by molar-refractivity contribution is 7.92. The molecular formula is C21H20ClN5O3S. The normalized spacial score (nSPS) is 13.8. The maximum atomic E-state index is 12.9. The van der Waals surface area contributed by atoms with Crippen molar-refractivity contribution in [1.29, 1.82) is 0 Å². The largest absolute Gasteiger partial charge is 0.341 e. The van der Waals surface area contributed by atoms with Crippen LogP contribution in [-0.2, 0) is 10.0 Å². The van der Waals surface area contributed by atoms with Gasteiger partial charge >= 0.3 is 0 Å². The maximum absolute atomic E-state index is 12.9. The molecule has 2 aromatic carbocycles. The van der Waals surface area contributed by atoms with Crippen LogP contribution in [0.25, 0.3) is 0 Å². The SMILES string of the molecule is O=C(Nc1ccccc1NS(=O)(=O)c1ccccc1)c1nc(N2CCCC2)ncc1Cl. The monoisotopic (exact) mass is 457 g/mol. The van der Waals surface area contributed by atoms with E-state index in [1.165, 1.54) is 18.3 Å². The van der Waals surface area contributed by atoms with Gasteiger partial charge in [-0.2, -0.15) is 0 Å². The Hall–Kier alpha value is -3.17. The zero-order valence-electron chi connectivity index (χ0n) is 16.5. The van der Waals surface area contributed by atoms with Crippen molar-refractivity contribution < 1.29 is 13.2 Å². The van der Waals surface area contributed by atoms with Gasteiger partial charge in [0.15, 0.2) is 5.69 Å². The molecule has 1 amide bonds. The third-order valence-corrected chi connectivity index (χ3v) is 6.47. The van der Waals surface area contributed by atoms with Crippen LogP contribution in [0, 0.1) is 0 Å². The maximum Gasteiger partial charge on any atom is 0.276 e. The molecule has 1 aliphatic heterocycles. The summed E-state index contributed by atoms with van der Waals surface area (Å²) in [6.45, 7) is 1.65. The number of aromatic nitrogens is 2. The number of rotatable bonds is 6. The number of halogens is 1. The molecule has 2 heterocycles. The van der Waals surface area contributed by atoms with Gasteiger partial charge in [-0.15, -0.1) is 0 Å². The second-order valence-electron chi connectivity index (χ2n) is 6.98. The van der Waals surface area contributed by atoms with Crippen LogP contribution in [0.15, 0.2) is 65.7 Å². The van der Waals surface area contributed by atoms with Crippen LogP contribution in [0.4, 0.5) is 17.3 Å². The zero-order valence-corrected chi connectivity index (χ0v) is 18.0. The molecule has 31 heavy (non-hydrogen) atoms. The molecule has 1 saturated heterocycles. The second kappa shape index (κ2) is 8.91. The van der Waals surface area contributed by atoms with Gasteiger partial charge in [0.25, 0.3) is 15.9 Å². The molecule has 1 fully saturated rings. The molecule has 0 saturated carbocycles. The van der Waals surface area contributed by atoms with Gasteiger partial charge in [0.1, 0.15) is 0 Å². The number of hydrogen-bond donors (Lipinski definition) is 2. The highest BCUT2D eigenvalue weighted by Gasteiger charge is 2.21. The number of anilines is 3. The van der Waals surface area contributed by atoms with Crippen molar-refractivity contribution >= 4 is 44.9 Å². The fourth-order valence-corrected chi connectivity index (χ4v) is 4.53. The average molecular weight is 458 g/mol. The Morgan fingerprint density at radius 3 is 2.32 bits per heavy atom. The summed E-state index contributed by atoms with van der Waals surface area (Å²) in [4.78, 5) is 23.6. The number of carbonyl (C=O) groups is 1. The van der Waals surface area contributed by atoms with Gasteiger partial charge in [-0.25, -0.2) is 18.4 Å². The van der Waals surface area contributed by atoms with E-state index in [1.54, 1.807) is 42.5 Å². The van der Waals surface area contributed by atoms with E-state index in [4.69, 9.17) is 11.6 Å². The van der Waals surface area contributed by atoms with Gasteiger partial charge in [-0.3, -0.25) is 9.52 Å². The smallest absolute Gasteiger partial charge is 0.276 e. The van der Waals surface area contributed by atoms with Gasteiger partial charge in [0, 0.05) is 13.1 Å². The predicted molar refractivity (Wildman–Crippen MR) is 120 cm³/mol. The van der Waals surface area contributed by atoms with E-state index >= 15 is 0 Å². The summed E-state index contributed by atoms with van der Waals surface area (Å²) in [5, 5.41) is 2.81. The van der Waals surface area contributed by atoms with Gasteiger partial charge in [0.05, 0.1) is 27.5 Å². The minimum atomic E-state index is -3.82. The summed E-state index contributed by atoms with van der Waals surface area (Å²) in [7, 11) is -3.82. The minimum Gasteiger partial charge on any atom is -0.341 e. The molecular weight excluding hydrogens is 438 g/mol. The van der Waals surface area contributed by atoms with Crippen molar-refractivity contribution in [3.63, 3.8) is 0 Å². The van der Waals surface area contributed by atoms with Crippen LogP contribution >= 0.6 is 11.6 Å². The van der Waals surface area contributed by atoms with Crippen LogP contribution < -0.4 is 14.9 Å². The minimum absolute atomic E-state index is 0.0271. The van der Waals surface area contributed by atoms with Crippen LogP contribution in [0.5, 0.6) is 0 Å². The number of nitrogens with one attached hydrogen (secondary N) is 2. The Bertz CT molecular complexity index is 1200. The number of sulfonamides is 1. The molecule has 0 unspecified atom stereocenters. The number of para-hydroxylation sites is 2. The van der Waals surface area contributed by atoms with E-state index in [0.717, 1.165) is 25.9 Å². The van der Waals surface area contributed by atoms with E-state index in [1.807, 2.05) is 4.90 Å². The Morgan fingerprint density at radius 2 is 1.61 bits per heavy atom. The predicted octanol–water partition coefficient (Wildman–Crippen LogP) is 3.78. The molecule has 1 aromatic heterocycles. The highest BCUT2D eigenvalue weighted by Crippen LogP contribution is 2.26. The lowest BCUT2D eigenvalue weighted by Gasteiger charge is -2.17. The van der Waals surface area contributed by atoms with Gasteiger partial charge < -0.3 is 10.2 Å². The van der Waals surface area contributed by atoms with Crippen molar-refractivity contribution in [3.8, 4) is 0 Å². The molecule has 0 atom stereocenters. The van der Waals surface area contributed by atoms with Crippen LogP contribution in [0.2, 0.25) is 5.02 Å². The summed E-state index contributed by atoms with van der Waals surface area (Å²) in [6, 6.07) is 14.5. The fourth-order valence-electron chi connectivity index (χ4n) is 3.25. The van der Waals surface area contributed by atoms with Crippen LogP contribution in [0.1, 0.15) is 23.3 Å². The average Bonchev–Trinajstić information content (AvgIpc) is 3.31. The molecule has 2 N–H and O–H groups in total. The third-order valence-electron chi connectivity index (χ3n) is 4.81. The third kappa shape index (κ3) is 4.78. The molecule has 0 bridgehead atoms. The van der Waals surface area contributed by atoms with Crippen molar-refractivity contribution in [3.05, 3.63) is 71.5 Å². The summed E-state index contributed by atoms with van der Waals surface area (Å²) >= 11 is 6.17. The number of carbonyl (C=O) groups excluding carboxylic acids is 1. The molecule has 3 aromatic rings. The van der Waals surface area contributed by atoms with Crippen molar-refractivity contribution in [2.45, 2.75) is 17.7 Å². The van der Waals surface area contributed by atoms with Gasteiger partial charge in [0.2, 0.25) is 5.95 Å². The molecule has 10 heteroatoms. The lowest BCUT2D eigenvalue weighted by molar-refractivity contribution is 0.102. The summed E-state index contributed by atoms with van der Waals surface area (Å²) in [6.07, 6.45) is 3.49. The van der Waals surface area contributed by atoms with E-state index in [2.05, 4.69) is 20.0 Å². The molecule has 4 rings (SSSR count). The van der Waals surface area contributed by atoms with Crippen LogP contribution in [-0.4, -0.2) is 37.4 Å². The van der Waals surface area contributed by atoms with Crippen LogP contribution in [0.3, 0.4) is 0 Å². The van der Waals surface area contributed by atoms with E-state index in [-0.39, 0.29) is 27.0 Å². The van der Waals surface area contributed by atoms with E-state index in [0.29, 0.717) is 5.95 Å². The molecule has 1 aliphatic rings. The summed E-state index contributed by atoms with van der Waals surface area (Å²) < 4.78 is 27.9. The van der Waals surface area contributed by atoms with Gasteiger partial charge in [-0.05, 0) is 37.1 Å². The number of amides is 1. The van der Waals surface area contributed by atoms with Crippen molar-refractivity contribution in [2.24, 2.45) is 0 Å². The molecule has 160 valence electrons. The van der Waals surface area contributed by atoms with Crippen molar-refractivity contribution in [2.75, 3.05) is 28.0 Å². The number of hydrogen-bond acceptors (Lipinski definition) is 6. The Labute approximate surface area is 185 Å². The molecule has 0 spiro atoms. The quantitative estimate of drug-likeness (QED) is 0.583. The topological polar surface area (TPSA) is 104 Å². The first-order valence-corrected chi connectivity index (χ1v) is 11.6. The Morgan fingerprint density at radius 1 is 0.968 bits per heavy atom. The Kier molecular flexibility index (Phi) is 6.06. The van der Waals surface area contributed by atoms with E-state index in [9.17, 15) is 13.2 Å². The first-order chi connectivity index (χ1) is 14.9. The highest BCUT2D eigenvalue weighted by atomic mass is 35.5. The first kappa shape index (κ1) is 21.1. The Balaban J connectivity index is 1.58. The van der Waals surface area contributed by atoms with Gasteiger partial charge in [-0.1, -0.05) is 41.9 Å². The molecule has 0 radical (unpaired) electrons. The van der Waals surface area contributed by atoms with Crippen molar-refractivity contribution in [1.82, 2.24) is 9.97 Å². The summed E-state index contributed by atoms with van der Waals surface area (Å²) in [5.41, 5.74) is 0.536. The lowest BCUT2D eigenvalue weighted by atomic mass is 10.2. The molecule has 0 aliphatic carbocycles. The zero-order chi connectivity index (χ0) is 21.8. The number of benzene rings is 2. The second-order valence-corrected chi connectivity index (χ2v) is 9.07. The molecule has 8 nitrogen and oxygen atoms in total. The number of nitrogens with zero attached hydrogens (tertiary/aromatic N) is 3. The standard InChI is InChI=1S/C21H20ClN5O3S/c22-16-14-23-21(27-12-6-7-13-27)25-19(16)20(28)24-17-10-4-5-11-18(17)26-31(29,30)15-8-2-1-3-9-15/h1-5,8-11,14,26H,6-7,12-13H2,(H,24,28).